The first-order valence-electron chi connectivity index (χ1n) is 15.6. The van der Waals surface area contributed by atoms with Gasteiger partial charge in [-0.2, -0.15) is 5.26 Å². The number of aromatic nitrogens is 2. The van der Waals surface area contributed by atoms with Gasteiger partial charge in [0.1, 0.15) is 46.9 Å². The molecule has 2 aromatic heterocycles. The van der Waals surface area contributed by atoms with Crippen molar-refractivity contribution in [1.29, 1.82) is 5.26 Å². The van der Waals surface area contributed by atoms with E-state index in [-0.39, 0.29) is 32.1 Å². The quantitative estimate of drug-likeness (QED) is 0.0632. The maximum Gasteiger partial charge on any atom is 0.328 e. The van der Waals surface area contributed by atoms with Crippen molar-refractivity contribution in [2.75, 3.05) is 37.7 Å². The molecule has 0 saturated carbocycles. The molecule has 3 heterocycles. The number of thiazole rings is 1. The summed E-state index contributed by atoms with van der Waals surface area (Å²) >= 11 is 9.02. The number of rotatable bonds is 14. The van der Waals surface area contributed by atoms with Gasteiger partial charge in [0.05, 0.1) is 17.8 Å². The van der Waals surface area contributed by atoms with Gasteiger partial charge in [0.25, 0.3) is 0 Å². The smallest absolute Gasteiger partial charge is 0.328 e. The fourth-order valence-electron chi connectivity index (χ4n) is 5.18. The number of anilines is 1. The molecule has 4 aromatic rings. The van der Waals surface area contributed by atoms with Gasteiger partial charge in [-0.05, 0) is 49.6 Å². The number of amides is 1. The number of hydrogen-bond acceptors (Lipinski definition) is 11. The summed E-state index contributed by atoms with van der Waals surface area (Å²) in [6, 6.07) is 16.2. The number of pyridine rings is 1. The summed E-state index contributed by atoms with van der Waals surface area (Å²) < 4.78 is 11.0. The van der Waals surface area contributed by atoms with Crippen molar-refractivity contribution in [1.82, 2.24) is 15.3 Å². The Morgan fingerprint density at radius 2 is 1.86 bits per heavy atom. The minimum atomic E-state index is -0.800. The highest BCUT2D eigenvalue weighted by atomic mass is 35.5. The van der Waals surface area contributed by atoms with Gasteiger partial charge in [-0.3, -0.25) is 4.79 Å². The lowest BCUT2D eigenvalue weighted by Gasteiger charge is -2.22. The number of carbonyl (C=O) groups excluding carboxylic acids is 2. The van der Waals surface area contributed by atoms with E-state index in [9.17, 15) is 14.9 Å². The van der Waals surface area contributed by atoms with E-state index in [0.717, 1.165) is 42.2 Å². The number of nitriles is 1. The number of nitrogens with one attached hydrogen (secondary N) is 1. The molecule has 0 radical (unpaired) electrons. The molecule has 1 saturated heterocycles. The molecule has 11 nitrogen and oxygen atoms in total. The SMILES string of the molecule is [C-]#[N+]c1c(N2CCCC2)nc(SCc2csc(-c3ccc(Cl)cc3)n2)c(C#N)c1-c1ccc(OCCOC(=O)[C@H](C)NC(=O)CCN)cc1. The lowest BCUT2D eigenvalue weighted by atomic mass is 9.99. The third-order valence-corrected chi connectivity index (χ3v) is 9.79. The summed E-state index contributed by atoms with van der Waals surface area (Å²) in [5.74, 6) is 0.713. The maximum atomic E-state index is 12.2. The number of esters is 1. The number of thioether (sulfide) groups is 1. The van der Waals surface area contributed by atoms with Crippen LogP contribution in [0.1, 0.15) is 37.4 Å². The van der Waals surface area contributed by atoms with Crippen molar-refractivity contribution in [2.45, 2.75) is 43.0 Å². The van der Waals surface area contributed by atoms with Gasteiger partial charge in [-0.25, -0.2) is 19.6 Å². The predicted molar refractivity (Wildman–Crippen MR) is 192 cm³/mol. The first kappa shape index (κ1) is 35.6. The molecule has 1 fully saturated rings. The van der Waals surface area contributed by atoms with E-state index in [1.807, 2.05) is 41.8 Å². The van der Waals surface area contributed by atoms with Crippen LogP contribution in [-0.4, -0.2) is 60.7 Å². The second-order valence-corrected chi connectivity index (χ2v) is 13.3. The molecule has 2 aromatic carbocycles. The Bertz CT molecular complexity index is 1860. The monoisotopic (exact) mass is 715 g/mol. The van der Waals surface area contributed by atoms with Crippen molar-refractivity contribution in [2.24, 2.45) is 5.73 Å². The Hall–Kier alpha value is -4.66. The van der Waals surface area contributed by atoms with Crippen LogP contribution in [0.5, 0.6) is 5.75 Å². The number of nitrogens with two attached hydrogens (primary N) is 1. The zero-order valence-corrected chi connectivity index (χ0v) is 29.2. The number of ether oxygens (including phenoxy) is 2. The van der Waals surface area contributed by atoms with E-state index < -0.39 is 12.0 Å². The van der Waals surface area contributed by atoms with Crippen molar-refractivity contribution < 1.29 is 19.1 Å². The molecular formula is C35H34ClN7O4S2. The molecule has 3 N–H and O–H groups in total. The molecule has 1 aliphatic rings. The standard InChI is InChI=1S/C35H34ClN7O4S2/c1-22(40-29(44)13-14-37)35(45)47-18-17-46-27-11-7-23(8-12-27)30-28(19-38)34(42-32(31(30)39-2)43-15-3-4-16-43)49-21-26-20-48-33(41-26)24-5-9-25(36)10-6-24/h5-12,20,22H,3-4,13-18,21,37H2,1H3,(H,40,44)/t22-/m0/s1. The van der Waals surface area contributed by atoms with E-state index in [0.29, 0.717) is 49.7 Å². The molecule has 0 aliphatic carbocycles. The van der Waals surface area contributed by atoms with Crippen LogP contribution < -0.4 is 20.7 Å². The number of hydrogen-bond donors (Lipinski definition) is 2. The van der Waals surface area contributed by atoms with Crippen LogP contribution in [0, 0.1) is 17.9 Å². The Labute approximate surface area is 298 Å². The Kier molecular flexibility index (Phi) is 12.5. The normalized spacial score (nSPS) is 13.0. The van der Waals surface area contributed by atoms with Gasteiger partial charge >= 0.3 is 5.97 Å². The van der Waals surface area contributed by atoms with E-state index in [4.69, 9.17) is 43.3 Å². The van der Waals surface area contributed by atoms with Crippen molar-refractivity contribution in [3.8, 4) is 33.5 Å². The Morgan fingerprint density at radius 1 is 1.14 bits per heavy atom. The average molecular weight is 716 g/mol. The van der Waals surface area contributed by atoms with Gasteiger partial charge in [-0.1, -0.05) is 47.6 Å². The van der Waals surface area contributed by atoms with E-state index in [1.54, 1.807) is 30.4 Å². The molecule has 1 amide bonds. The zero-order chi connectivity index (χ0) is 34.8. The third kappa shape index (κ3) is 9.08. The summed E-state index contributed by atoms with van der Waals surface area (Å²) in [5, 5.41) is 17.1. The molecule has 0 spiro atoms. The summed E-state index contributed by atoms with van der Waals surface area (Å²) in [6.45, 7) is 11.5. The fraction of sp³-hybridized carbons (Fsp3) is 0.314. The number of nitrogens with zero attached hydrogens (tertiary/aromatic N) is 5. The van der Waals surface area contributed by atoms with Gasteiger partial charge in [-0.15, -0.1) is 11.3 Å². The highest BCUT2D eigenvalue weighted by Crippen LogP contribution is 2.45. The molecule has 252 valence electrons. The average Bonchev–Trinajstić information content (AvgIpc) is 3.82. The first-order chi connectivity index (χ1) is 23.8. The van der Waals surface area contributed by atoms with Crippen LogP contribution in [0.25, 0.3) is 26.5 Å². The topological polar surface area (TPSA) is 148 Å². The summed E-state index contributed by atoms with van der Waals surface area (Å²) in [4.78, 5) is 39.6. The molecule has 0 bridgehead atoms. The molecular weight excluding hydrogens is 682 g/mol. The molecule has 1 aliphatic heterocycles. The van der Waals surface area contributed by atoms with E-state index in [2.05, 4.69) is 21.1 Å². The minimum Gasteiger partial charge on any atom is -0.490 e. The zero-order valence-electron chi connectivity index (χ0n) is 26.8. The van der Waals surface area contributed by atoms with Gasteiger partial charge in [0, 0.05) is 53.3 Å². The van der Waals surface area contributed by atoms with E-state index >= 15 is 0 Å². The first-order valence-corrected chi connectivity index (χ1v) is 17.9. The Balaban J connectivity index is 1.32. The Morgan fingerprint density at radius 3 is 2.53 bits per heavy atom. The van der Waals surface area contributed by atoms with Crippen LogP contribution in [0.4, 0.5) is 11.5 Å². The van der Waals surface area contributed by atoms with Crippen LogP contribution in [-0.2, 0) is 20.1 Å². The molecule has 14 heteroatoms. The lowest BCUT2D eigenvalue weighted by molar-refractivity contribution is -0.148. The largest absolute Gasteiger partial charge is 0.490 e. The van der Waals surface area contributed by atoms with Crippen LogP contribution in [0.2, 0.25) is 5.02 Å². The fourth-order valence-corrected chi connectivity index (χ4v) is 7.11. The lowest BCUT2D eigenvalue weighted by Crippen LogP contribution is -2.40. The van der Waals surface area contributed by atoms with Crippen LogP contribution in [0.15, 0.2) is 58.9 Å². The molecule has 5 rings (SSSR count). The molecule has 49 heavy (non-hydrogen) atoms. The molecule has 0 unspecified atom stereocenters. The van der Waals surface area contributed by atoms with Crippen LogP contribution in [0.3, 0.4) is 0 Å². The minimum absolute atomic E-state index is 0.0115. The van der Waals surface area contributed by atoms with Gasteiger partial charge < -0.3 is 25.4 Å². The highest BCUT2D eigenvalue weighted by Gasteiger charge is 2.26. The summed E-state index contributed by atoms with van der Waals surface area (Å²) in [6.07, 6.45) is 2.14. The number of benzene rings is 2. The van der Waals surface area contributed by atoms with Gasteiger partial charge in [0.2, 0.25) is 11.6 Å². The molecule has 1 atom stereocenters. The highest BCUT2D eigenvalue weighted by molar-refractivity contribution is 7.98. The predicted octanol–water partition coefficient (Wildman–Crippen LogP) is 6.62. The summed E-state index contributed by atoms with van der Waals surface area (Å²) in [7, 11) is 0. The van der Waals surface area contributed by atoms with E-state index in [1.165, 1.54) is 11.8 Å². The van der Waals surface area contributed by atoms with Crippen molar-refractivity contribution in [3.63, 3.8) is 0 Å². The second kappa shape index (κ2) is 17.1. The van der Waals surface area contributed by atoms with Crippen molar-refractivity contribution >= 4 is 58.1 Å². The maximum absolute atomic E-state index is 12.2. The summed E-state index contributed by atoms with van der Waals surface area (Å²) in [5.41, 5.74) is 9.10. The van der Waals surface area contributed by atoms with Crippen molar-refractivity contribution in [3.05, 3.63) is 81.6 Å². The second-order valence-electron chi connectivity index (χ2n) is 11.1. The number of carbonyl (C=O) groups is 2. The van der Waals surface area contributed by atoms with Gasteiger partial charge in [0.15, 0.2) is 0 Å². The number of halogens is 1. The third-order valence-electron chi connectivity index (χ3n) is 7.59. The van der Waals surface area contributed by atoms with Crippen LogP contribution >= 0.6 is 34.7 Å².